The van der Waals surface area contributed by atoms with Gasteiger partial charge in [-0.2, -0.15) is 5.10 Å². The van der Waals surface area contributed by atoms with E-state index in [0.29, 0.717) is 18.7 Å². The van der Waals surface area contributed by atoms with Crippen LogP contribution in [0.15, 0.2) is 36.5 Å². The van der Waals surface area contributed by atoms with Gasteiger partial charge >= 0.3 is 5.97 Å². The summed E-state index contributed by atoms with van der Waals surface area (Å²) in [6, 6.07) is 9.88. The lowest BCUT2D eigenvalue weighted by molar-refractivity contribution is -0.153. The lowest BCUT2D eigenvalue weighted by atomic mass is 10.2. The number of thiazole rings is 1. The van der Waals surface area contributed by atoms with E-state index >= 15 is 0 Å². The van der Waals surface area contributed by atoms with Crippen molar-refractivity contribution in [3.8, 4) is 0 Å². The molecule has 154 valence electrons. The number of carbonyl (C=O) groups excluding carboxylic acids is 2. The Morgan fingerprint density at radius 2 is 2.03 bits per heavy atom. The van der Waals surface area contributed by atoms with Crippen LogP contribution >= 0.6 is 11.3 Å². The van der Waals surface area contributed by atoms with Crippen LogP contribution in [0.5, 0.6) is 0 Å². The van der Waals surface area contributed by atoms with Crippen LogP contribution < -0.4 is 5.32 Å². The van der Waals surface area contributed by atoms with Gasteiger partial charge in [-0.25, -0.2) is 9.67 Å². The van der Waals surface area contributed by atoms with E-state index in [1.165, 1.54) is 0 Å². The van der Waals surface area contributed by atoms with Gasteiger partial charge in [-0.1, -0.05) is 19.1 Å². The molecule has 3 aromatic rings. The van der Waals surface area contributed by atoms with Gasteiger partial charge in [0.15, 0.2) is 6.10 Å². The third kappa shape index (κ3) is 5.41. The smallest absolute Gasteiger partial charge is 0.306 e. The molecule has 1 N–H and O–H groups in total. The summed E-state index contributed by atoms with van der Waals surface area (Å²) < 4.78 is 8.19. The van der Waals surface area contributed by atoms with E-state index in [1.54, 1.807) is 35.2 Å². The van der Waals surface area contributed by atoms with Gasteiger partial charge in [0.2, 0.25) is 0 Å². The molecule has 0 aliphatic carbocycles. The van der Waals surface area contributed by atoms with Gasteiger partial charge in [0, 0.05) is 12.5 Å². The Balaban J connectivity index is 1.45. The van der Waals surface area contributed by atoms with Crippen LogP contribution in [-0.4, -0.2) is 32.7 Å². The summed E-state index contributed by atoms with van der Waals surface area (Å²) in [5.41, 5.74) is 0.983. The first-order chi connectivity index (χ1) is 14.0. The number of nitrogens with one attached hydrogen (secondary N) is 1. The van der Waals surface area contributed by atoms with E-state index in [4.69, 9.17) is 4.74 Å². The Labute approximate surface area is 174 Å². The minimum absolute atomic E-state index is 0.167. The Bertz CT molecular complexity index is 948. The van der Waals surface area contributed by atoms with E-state index in [9.17, 15) is 9.59 Å². The lowest BCUT2D eigenvalue weighted by Crippen LogP contribution is -2.31. The average molecular weight is 415 g/mol. The standard InChI is InChI=1S/C21H26N4O3S/c1-4-14(2)25-18(12-13-22-25)24-21(27)15(3)28-20(26)11-7-10-19-23-16-8-5-6-9-17(16)29-19/h5-6,8-9,12-15H,4,7,10-11H2,1-3H3,(H,24,27)/t14-,15-/m0/s1. The third-order valence-electron chi connectivity index (χ3n) is 4.72. The van der Waals surface area contributed by atoms with Crippen molar-refractivity contribution in [3.63, 3.8) is 0 Å². The first-order valence-corrected chi connectivity index (χ1v) is 10.7. The fraction of sp³-hybridized carbons (Fsp3) is 0.429. The van der Waals surface area contributed by atoms with Gasteiger partial charge in [-0.3, -0.25) is 9.59 Å². The van der Waals surface area contributed by atoms with Crippen LogP contribution in [0, 0.1) is 0 Å². The molecular formula is C21H26N4O3S. The summed E-state index contributed by atoms with van der Waals surface area (Å²) >= 11 is 1.64. The Morgan fingerprint density at radius 3 is 2.79 bits per heavy atom. The summed E-state index contributed by atoms with van der Waals surface area (Å²) in [5, 5.41) is 8.02. The van der Waals surface area contributed by atoms with Crippen molar-refractivity contribution in [1.29, 1.82) is 0 Å². The number of para-hydroxylation sites is 1. The van der Waals surface area contributed by atoms with Crippen molar-refractivity contribution < 1.29 is 14.3 Å². The summed E-state index contributed by atoms with van der Waals surface area (Å²) in [4.78, 5) is 29.0. The van der Waals surface area contributed by atoms with Crippen LogP contribution in [0.25, 0.3) is 10.2 Å². The number of ether oxygens (including phenoxy) is 1. The van der Waals surface area contributed by atoms with Gasteiger partial charge in [0.25, 0.3) is 5.91 Å². The van der Waals surface area contributed by atoms with Crippen molar-refractivity contribution in [2.75, 3.05) is 5.32 Å². The maximum Gasteiger partial charge on any atom is 0.306 e. The second-order valence-corrected chi connectivity index (χ2v) is 8.08. The van der Waals surface area contributed by atoms with Crippen molar-refractivity contribution in [2.45, 2.75) is 58.6 Å². The first-order valence-electron chi connectivity index (χ1n) is 9.86. The third-order valence-corrected chi connectivity index (χ3v) is 5.81. The second kappa shape index (κ2) is 9.65. The minimum Gasteiger partial charge on any atom is -0.453 e. The number of hydrogen-bond donors (Lipinski definition) is 1. The molecule has 0 aliphatic rings. The van der Waals surface area contributed by atoms with E-state index in [1.807, 2.05) is 31.2 Å². The zero-order valence-electron chi connectivity index (χ0n) is 16.9. The molecule has 0 spiro atoms. The molecule has 8 heteroatoms. The Hall–Kier alpha value is -2.74. The molecule has 0 bridgehead atoms. The van der Waals surface area contributed by atoms with E-state index < -0.39 is 6.10 Å². The molecule has 2 atom stereocenters. The average Bonchev–Trinajstić information content (AvgIpc) is 3.33. The molecule has 7 nitrogen and oxygen atoms in total. The fourth-order valence-electron chi connectivity index (χ4n) is 2.89. The van der Waals surface area contributed by atoms with Crippen LogP contribution in [-0.2, 0) is 20.7 Å². The van der Waals surface area contributed by atoms with Crippen LogP contribution in [0.1, 0.15) is 51.1 Å². The van der Waals surface area contributed by atoms with Crippen molar-refractivity contribution in [1.82, 2.24) is 14.8 Å². The highest BCUT2D eigenvalue weighted by molar-refractivity contribution is 7.18. The van der Waals surface area contributed by atoms with E-state index in [0.717, 1.165) is 21.6 Å². The zero-order chi connectivity index (χ0) is 20.8. The van der Waals surface area contributed by atoms with Gasteiger partial charge < -0.3 is 10.1 Å². The van der Waals surface area contributed by atoms with Crippen LogP contribution in [0.3, 0.4) is 0 Å². The number of amides is 1. The summed E-state index contributed by atoms with van der Waals surface area (Å²) in [6.45, 7) is 5.65. The Kier molecular flexibility index (Phi) is 6.98. The van der Waals surface area contributed by atoms with Crippen LogP contribution in [0.2, 0.25) is 0 Å². The molecule has 0 fully saturated rings. The van der Waals surface area contributed by atoms with Gasteiger partial charge in [0.05, 0.1) is 27.5 Å². The maximum atomic E-state index is 12.4. The predicted molar refractivity (Wildman–Crippen MR) is 114 cm³/mol. The highest BCUT2D eigenvalue weighted by Crippen LogP contribution is 2.23. The number of aryl methyl sites for hydroxylation is 1. The number of hydrogen-bond acceptors (Lipinski definition) is 6. The monoisotopic (exact) mass is 414 g/mol. The SMILES string of the molecule is CC[C@H](C)n1nccc1NC(=O)[C@H](C)OC(=O)CCCc1nc2ccccc2s1. The van der Waals surface area contributed by atoms with Crippen molar-refractivity contribution in [3.05, 3.63) is 41.5 Å². The Morgan fingerprint density at radius 1 is 1.24 bits per heavy atom. The molecule has 0 radical (unpaired) electrons. The normalized spacial score (nSPS) is 13.2. The molecule has 0 saturated carbocycles. The molecule has 1 aromatic carbocycles. The summed E-state index contributed by atoms with van der Waals surface area (Å²) in [7, 11) is 0. The largest absolute Gasteiger partial charge is 0.453 e. The number of benzene rings is 1. The number of rotatable bonds is 9. The molecule has 29 heavy (non-hydrogen) atoms. The number of aromatic nitrogens is 3. The van der Waals surface area contributed by atoms with Crippen molar-refractivity contribution in [2.24, 2.45) is 0 Å². The molecular weight excluding hydrogens is 388 g/mol. The highest BCUT2D eigenvalue weighted by Gasteiger charge is 2.20. The van der Waals surface area contributed by atoms with Gasteiger partial charge in [0.1, 0.15) is 5.82 Å². The number of carbonyl (C=O) groups is 2. The number of esters is 1. The van der Waals surface area contributed by atoms with E-state index in [-0.39, 0.29) is 24.3 Å². The lowest BCUT2D eigenvalue weighted by Gasteiger charge is -2.16. The molecule has 0 saturated heterocycles. The summed E-state index contributed by atoms with van der Waals surface area (Å²) in [6.07, 6.45) is 3.25. The molecule has 3 rings (SSSR count). The molecule has 2 aromatic heterocycles. The fourth-order valence-corrected chi connectivity index (χ4v) is 3.89. The van der Waals surface area contributed by atoms with Gasteiger partial charge in [-0.05, 0) is 45.2 Å². The number of anilines is 1. The van der Waals surface area contributed by atoms with Crippen LogP contribution in [0.4, 0.5) is 5.82 Å². The zero-order valence-corrected chi connectivity index (χ0v) is 17.7. The number of fused-ring (bicyclic) bond motifs is 1. The summed E-state index contributed by atoms with van der Waals surface area (Å²) in [5.74, 6) is -0.151. The van der Waals surface area contributed by atoms with Gasteiger partial charge in [-0.15, -0.1) is 11.3 Å². The molecule has 0 aliphatic heterocycles. The quantitative estimate of drug-likeness (QED) is 0.526. The predicted octanol–water partition coefficient (Wildman–Crippen LogP) is 4.36. The minimum atomic E-state index is -0.870. The highest BCUT2D eigenvalue weighted by atomic mass is 32.1. The van der Waals surface area contributed by atoms with Crippen molar-refractivity contribution >= 4 is 39.2 Å². The maximum absolute atomic E-state index is 12.4. The molecule has 0 unspecified atom stereocenters. The first kappa shape index (κ1) is 21.0. The molecule has 2 heterocycles. The molecule has 1 amide bonds. The van der Waals surface area contributed by atoms with E-state index in [2.05, 4.69) is 22.3 Å². The second-order valence-electron chi connectivity index (χ2n) is 6.97. The topological polar surface area (TPSA) is 86.1 Å². The number of nitrogens with zero attached hydrogens (tertiary/aromatic N) is 3.